The van der Waals surface area contributed by atoms with E-state index < -0.39 is 0 Å². The first kappa shape index (κ1) is 22.5. The number of halogens is 1. The zero-order valence-corrected chi connectivity index (χ0v) is 20.3. The largest absolute Gasteiger partial charge is 0.353 e. The summed E-state index contributed by atoms with van der Waals surface area (Å²) in [6.07, 6.45) is 1.86. The number of benzene rings is 1. The maximum absolute atomic E-state index is 12.6. The number of aromatic nitrogens is 3. The van der Waals surface area contributed by atoms with Crippen LogP contribution in [-0.2, 0) is 11.2 Å². The molecular weight excluding hydrogens is 494 g/mol. The maximum Gasteiger partial charge on any atom is 0.323 e. The number of pyridine rings is 1. The fraction of sp³-hybridized carbons (Fsp3) is 0.227. The van der Waals surface area contributed by atoms with Gasteiger partial charge in [0.2, 0.25) is 5.91 Å². The van der Waals surface area contributed by atoms with Gasteiger partial charge in [-0.2, -0.15) is 0 Å². The lowest BCUT2D eigenvalue weighted by Crippen LogP contribution is -2.50. The van der Waals surface area contributed by atoms with Gasteiger partial charge in [0.05, 0.1) is 22.3 Å². The summed E-state index contributed by atoms with van der Waals surface area (Å²) in [5.74, 6) is 0.694. The Balaban J connectivity index is 1.12. The van der Waals surface area contributed by atoms with E-state index in [4.69, 9.17) is 11.6 Å². The van der Waals surface area contributed by atoms with Gasteiger partial charge in [-0.05, 0) is 30.3 Å². The van der Waals surface area contributed by atoms with Gasteiger partial charge >= 0.3 is 6.03 Å². The van der Waals surface area contributed by atoms with Gasteiger partial charge in [-0.15, -0.1) is 11.3 Å². The Hall–Kier alpha value is -3.28. The minimum atomic E-state index is -0.223. The topological polar surface area (TPSA) is 103 Å². The van der Waals surface area contributed by atoms with Gasteiger partial charge in [0.15, 0.2) is 10.3 Å². The van der Waals surface area contributed by atoms with Crippen LogP contribution >= 0.6 is 34.3 Å². The Labute approximate surface area is 208 Å². The number of amides is 3. The van der Waals surface area contributed by atoms with Crippen molar-refractivity contribution in [1.82, 2.24) is 19.9 Å². The van der Waals surface area contributed by atoms with Crippen LogP contribution in [0.1, 0.15) is 5.69 Å². The van der Waals surface area contributed by atoms with Gasteiger partial charge in [-0.3, -0.25) is 10.1 Å². The van der Waals surface area contributed by atoms with E-state index in [9.17, 15) is 9.59 Å². The summed E-state index contributed by atoms with van der Waals surface area (Å²) < 4.78 is 0.905. The number of nitrogens with zero attached hydrogens (tertiary/aromatic N) is 5. The maximum atomic E-state index is 12.6. The summed E-state index contributed by atoms with van der Waals surface area (Å²) >= 11 is 8.67. The second-order valence-corrected chi connectivity index (χ2v) is 9.92. The molecule has 1 aromatic carbocycles. The Morgan fingerprint density at radius 1 is 1.03 bits per heavy atom. The van der Waals surface area contributed by atoms with Crippen molar-refractivity contribution in [2.24, 2.45) is 0 Å². The second kappa shape index (κ2) is 9.92. The summed E-state index contributed by atoms with van der Waals surface area (Å²) in [5.41, 5.74) is 1.37. The lowest BCUT2D eigenvalue weighted by molar-refractivity contribution is -0.115. The fourth-order valence-electron chi connectivity index (χ4n) is 3.58. The number of carbonyl (C=O) groups excluding carboxylic acids is 2. The smallest absolute Gasteiger partial charge is 0.323 e. The van der Waals surface area contributed by atoms with Gasteiger partial charge in [0.25, 0.3) is 0 Å². The highest BCUT2D eigenvalue weighted by atomic mass is 35.5. The van der Waals surface area contributed by atoms with E-state index in [0.717, 1.165) is 16.0 Å². The van der Waals surface area contributed by atoms with E-state index in [1.165, 1.54) is 22.7 Å². The molecule has 1 fully saturated rings. The number of piperazine rings is 1. The molecule has 3 amide bonds. The van der Waals surface area contributed by atoms with Crippen molar-refractivity contribution >= 4 is 72.5 Å². The molecule has 1 saturated heterocycles. The van der Waals surface area contributed by atoms with Crippen LogP contribution in [0, 0.1) is 0 Å². The van der Waals surface area contributed by atoms with Gasteiger partial charge in [-0.25, -0.2) is 19.7 Å². The van der Waals surface area contributed by atoms with Crippen LogP contribution in [0.25, 0.3) is 10.2 Å². The molecule has 174 valence electrons. The minimum absolute atomic E-state index is 0.0891. The first-order valence-electron chi connectivity index (χ1n) is 10.6. The summed E-state index contributed by atoms with van der Waals surface area (Å²) in [6.45, 7) is 2.62. The number of carbonyl (C=O) groups is 2. The van der Waals surface area contributed by atoms with Gasteiger partial charge in [0, 0.05) is 42.8 Å². The summed E-state index contributed by atoms with van der Waals surface area (Å²) in [5, 5.41) is 9.02. The first-order chi connectivity index (χ1) is 16.5. The number of thiazole rings is 2. The summed E-state index contributed by atoms with van der Waals surface area (Å²) in [6, 6.07) is 11.0. The number of urea groups is 1. The number of nitrogens with one attached hydrogen (secondary N) is 2. The number of anilines is 3. The molecule has 5 rings (SSSR count). The summed E-state index contributed by atoms with van der Waals surface area (Å²) in [4.78, 5) is 42.1. The molecular formula is C22H20ClN7O2S2. The lowest BCUT2D eigenvalue weighted by atomic mass is 10.3. The molecule has 0 spiro atoms. The van der Waals surface area contributed by atoms with Crippen molar-refractivity contribution in [3.05, 3.63) is 58.7 Å². The third-order valence-electron chi connectivity index (χ3n) is 5.24. The molecule has 12 heteroatoms. The molecule has 34 heavy (non-hydrogen) atoms. The molecule has 0 bridgehead atoms. The van der Waals surface area contributed by atoms with E-state index in [1.807, 2.05) is 30.3 Å². The van der Waals surface area contributed by atoms with Crippen molar-refractivity contribution in [3.63, 3.8) is 0 Å². The van der Waals surface area contributed by atoms with Crippen LogP contribution in [0.2, 0.25) is 5.02 Å². The molecule has 4 aromatic rings. The molecule has 0 unspecified atom stereocenters. The highest BCUT2D eigenvalue weighted by molar-refractivity contribution is 7.22. The van der Waals surface area contributed by atoms with Crippen LogP contribution in [0.15, 0.2) is 48.0 Å². The molecule has 0 radical (unpaired) electrons. The predicted octanol–water partition coefficient (Wildman–Crippen LogP) is 4.34. The highest BCUT2D eigenvalue weighted by Crippen LogP contribution is 2.28. The first-order valence-corrected chi connectivity index (χ1v) is 12.6. The van der Waals surface area contributed by atoms with Gasteiger partial charge < -0.3 is 15.1 Å². The molecule has 0 aliphatic carbocycles. The SMILES string of the molecule is O=C(Cc1csc(NC(=O)N2CCN(c3ccccn3)CC2)n1)Nc1nc2ccc(Cl)cc2s1. The fourth-order valence-corrected chi connectivity index (χ4v) is 5.43. The van der Waals surface area contributed by atoms with Crippen LogP contribution in [0.4, 0.5) is 20.9 Å². The van der Waals surface area contributed by atoms with Crippen LogP contribution < -0.4 is 15.5 Å². The normalized spacial score (nSPS) is 13.8. The minimum Gasteiger partial charge on any atom is -0.353 e. The average molecular weight is 514 g/mol. The second-order valence-electron chi connectivity index (χ2n) is 7.59. The van der Waals surface area contributed by atoms with E-state index in [0.29, 0.717) is 47.2 Å². The molecule has 2 N–H and O–H groups in total. The number of rotatable bonds is 5. The molecule has 0 saturated carbocycles. The Kier molecular flexibility index (Phi) is 6.57. The van der Waals surface area contributed by atoms with Crippen molar-refractivity contribution in [1.29, 1.82) is 0 Å². The van der Waals surface area contributed by atoms with E-state index in [-0.39, 0.29) is 18.4 Å². The average Bonchev–Trinajstić information content (AvgIpc) is 3.45. The van der Waals surface area contributed by atoms with E-state index in [1.54, 1.807) is 22.5 Å². The molecule has 9 nitrogen and oxygen atoms in total. The monoisotopic (exact) mass is 513 g/mol. The zero-order chi connectivity index (χ0) is 23.5. The zero-order valence-electron chi connectivity index (χ0n) is 17.9. The Bertz CT molecular complexity index is 1320. The van der Waals surface area contributed by atoms with Crippen LogP contribution in [0.5, 0.6) is 0 Å². The predicted molar refractivity (Wildman–Crippen MR) is 136 cm³/mol. The third-order valence-corrected chi connectivity index (χ3v) is 7.22. The number of hydrogen-bond acceptors (Lipinski definition) is 8. The Morgan fingerprint density at radius 2 is 1.88 bits per heavy atom. The van der Waals surface area contributed by atoms with Crippen molar-refractivity contribution in [2.75, 3.05) is 41.7 Å². The van der Waals surface area contributed by atoms with Gasteiger partial charge in [0.1, 0.15) is 5.82 Å². The number of hydrogen-bond donors (Lipinski definition) is 2. The van der Waals surface area contributed by atoms with Crippen LogP contribution in [0.3, 0.4) is 0 Å². The van der Waals surface area contributed by atoms with Crippen molar-refractivity contribution in [3.8, 4) is 0 Å². The molecule has 1 aliphatic heterocycles. The molecule has 1 aliphatic rings. The van der Waals surface area contributed by atoms with E-state index in [2.05, 4.69) is 30.5 Å². The van der Waals surface area contributed by atoms with Crippen molar-refractivity contribution < 1.29 is 9.59 Å². The van der Waals surface area contributed by atoms with E-state index >= 15 is 0 Å². The molecule has 0 atom stereocenters. The lowest BCUT2D eigenvalue weighted by Gasteiger charge is -2.35. The van der Waals surface area contributed by atoms with Crippen LogP contribution in [-0.4, -0.2) is 58.0 Å². The molecule has 3 aromatic heterocycles. The van der Waals surface area contributed by atoms with Crippen molar-refractivity contribution in [2.45, 2.75) is 6.42 Å². The third kappa shape index (κ3) is 5.27. The summed E-state index contributed by atoms with van der Waals surface area (Å²) in [7, 11) is 0. The molecule has 4 heterocycles. The van der Waals surface area contributed by atoms with Gasteiger partial charge in [-0.1, -0.05) is 29.0 Å². The standard InChI is InChI=1S/C22H20ClN7O2S2/c23-14-4-5-16-17(11-14)34-21(26-16)27-19(31)12-15-13-33-20(25-15)28-22(32)30-9-7-29(8-10-30)18-3-1-2-6-24-18/h1-6,11,13H,7-10,12H2,(H,25,28,32)(H,26,27,31). The number of fused-ring (bicyclic) bond motifs is 1. The quantitative estimate of drug-likeness (QED) is 0.411. The Morgan fingerprint density at radius 3 is 2.68 bits per heavy atom. The highest BCUT2D eigenvalue weighted by Gasteiger charge is 2.22.